The second-order valence-corrected chi connectivity index (χ2v) is 4.94. The minimum Gasteiger partial charge on any atom is -0.330 e. The number of nitrogens with zero attached hydrogens (tertiary/aromatic N) is 3. The molecule has 0 amide bonds. The number of nitrogens with two attached hydrogens (primary N) is 1. The predicted octanol–water partition coefficient (Wildman–Crippen LogP) is 1.95. The number of aromatic nitrogens is 3. The van der Waals surface area contributed by atoms with Crippen molar-refractivity contribution < 1.29 is 0 Å². The van der Waals surface area contributed by atoms with E-state index < -0.39 is 0 Å². The third-order valence-electron chi connectivity index (χ3n) is 3.76. The summed E-state index contributed by atoms with van der Waals surface area (Å²) in [6.07, 6.45) is 3.34. The molecule has 3 rings (SSSR count). The second-order valence-electron chi connectivity index (χ2n) is 4.94. The zero-order chi connectivity index (χ0) is 12.5. The molecule has 0 fully saturated rings. The van der Waals surface area contributed by atoms with E-state index in [0.29, 0.717) is 12.5 Å². The van der Waals surface area contributed by atoms with Crippen molar-refractivity contribution in [3.63, 3.8) is 0 Å². The van der Waals surface area contributed by atoms with Crippen LogP contribution in [0, 0.1) is 6.92 Å². The summed E-state index contributed by atoms with van der Waals surface area (Å²) in [5, 5.41) is 8.67. The molecule has 2 aromatic rings. The van der Waals surface area contributed by atoms with Crippen molar-refractivity contribution in [2.75, 3.05) is 6.54 Å². The molecule has 4 nitrogen and oxygen atoms in total. The highest BCUT2D eigenvalue weighted by molar-refractivity contribution is 5.42. The van der Waals surface area contributed by atoms with Crippen molar-refractivity contribution in [3.05, 3.63) is 41.2 Å². The topological polar surface area (TPSA) is 56.7 Å². The third kappa shape index (κ3) is 1.73. The number of para-hydroxylation sites is 1. The van der Waals surface area contributed by atoms with E-state index in [-0.39, 0.29) is 0 Å². The molecule has 94 valence electrons. The predicted molar refractivity (Wildman–Crippen MR) is 70.8 cm³/mol. The number of hydrogen-bond acceptors (Lipinski definition) is 3. The van der Waals surface area contributed by atoms with E-state index in [1.807, 2.05) is 16.8 Å². The minimum atomic E-state index is 0.392. The zero-order valence-corrected chi connectivity index (χ0v) is 10.6. The molecule has 0 saturated carbocycles. The van der Waals surface area contributed by atoms with Crippen LogP contribution in [-0.2, 0) is 6.42 Å². The van der Waals surface area contributed by atoms with Crippen molar-refractivity contribution in [3.8, 4) is 5.69 Å². The van der Waals surface area contributed by atoms with Crippen LogP contribution in [0.2, 0.25) is 0 Å². The monoisotopic (exact) mass is 242 g/mol. The van der Waals surface area contributed by atoms with Crippen LogP contribution in [0.1, 0.15) is 35.7 Å². The third-order valence-corrected chi connectivity index (χ3v) is 3.76. The van der Waals surface area contributed by atoms with Crippen molar-refractivity contribution in [1.29, 1.82) is 0 Å². The zero-order valence-electron chi connectivity index (χ0n) is 10.6. The summed E-state index contributed by atoms with van der Waals surface area (Å²) >= 11 is 0. The average Bonchev–Trinajstić information content (AvgIpc) is 2.83. The van der Waals surface area contributed by atoms with Gasteiger partial charge in [0, 0.05) is 12.5 Å². The Morgan fingerprint density at radius 2 is 2.22 bits per heavy atom. The van der Waals surface area contributed by atoms with Gasteiger partial charge in [-0.1, -0.05) is 23.4 Å². The van der Waals surface area contributed by atoms with Crippen LogP contribution in [0.25, 0.3) is 5.69 Å². The quantitative estimate of drug-likeness (QED) is 0.875. The van der Waals surface area contributed by atoms with Gasteiger partial charge in [-0.2, -0.15) is 0 Å². The number of benzene rings is 1. The maximum absolute atomic E-state index is 5.89. The van der Waals surface area contributed by atoms with Gasteiger partial charge >= 0.3 is 0 Å². The van der Waals surface area contributed by atoms with E-state index in [4.69, 9.17) is 5.73 Å². The lowest BCUT2D eigenvalue weighted by Gasteiger charge is -2.22. The highest BCUT2D eigenvalue weighted by atomic mass is 15.4. The van der Waals surface area contributed by atoms with Crippen molar-refractivity contribution in [2.45, 2.75) is 32.1 Å². The van der Waals surface area contributed by atoms with Crippen LogP contribution in [-0.4, -0.2) is 21.5 Å². The van der Waals surface area contributed by atoms with Gasteiger partial charge in [0.15, 0.2) is 0 Å². The molecule has 1 aliphatic rings. The highest BCUT2D eigenvalue weighted by Gasteiger charge is 2.26. The maximum Gasteiger partial charge on any atom is 0.0867 e. The van der Waals surface area contributed by atoms with Crippen molar-refractivity contribution >= 4 is 0 Å². The van der Waals surface area contributed by atoms with E-state index in [1.54, 1.807) is 0 Å². The lowest BCUT2D eigenvalue weighted by molar-refractivity contribution is 0.533. The summed E-state index contributed by atoms with van der Waals surface area (Å²) < 4.78 is 1.99. The molecule has 1 atom stereocenters. The summed E-state index contributed by atoms with van der Waals surface area (Å²) in [5.41, 5.74) is 10.6. The van der Waals surface area contributed by atoms with Crippen molar-refractivity contribution in [2.24, 2.45) is 5.73 Å². The molecule has 1 aromatic heterocycles. The first-order valence-corrected chi connectivity index (χ1v) is 6.52. The first-order chi connectivity index (χ1) is 8.81. The molecular formula is C14H18N4. The summed E-state index contributed by atoms with van der Waals surface area (Å²) in [6.45, 7) is 2.77. The van der Waals surface area contributed by atoms with E-state index >= 15 is 0 Å². The Hall–Kier alpha value is -1.68. The van der Waals surface area contributed by atoms with E-state index in [9.17, 15) is 0 Å². The Morgan fingerprint density at radius 3 is 3.00 bits per heavy atom. The summed E-state index contributed by atoms with van der Waals surface area (Å²) in [5.74, 6) is 0.392. The lowest BCUT2D eigenvalue weighted by atomic mass is 9.89. The van der Waals surface area contributed by atoms with Crippen LogP contribution in [0.15, 0.2) is 24.3 Å². The number of rotatable bonds is 2. The minimum absolute atomic E-state index is 0.392. The molecule has 1 unspecified atom stereocenters. The Bertz CT molecular complexity index is 559. The standard InChI is InChI=1S/C14H18N4/c1-10-5-2-3-8-13(10)18-14-11(9-15)6-4-7-12(14)16-17-18/h2-3,5,8,11H,4,6-7,9,15H2,1H3. The maximum atomic E-state index is 5.89. The van der Waals surface area contributed by atoms with Crippen LogP contribution in [0.5, 0.6) is 0 Å². The molecule has 0 spiro atoms. The first kappa shape index (κ1) is 11.4. The summed E-state index contributed by atoms with van der Waals surface area (Å²) in [4.78, 5) is 0. The van der Waals surface area contributed by atoms with Gasteiger partial charge in [0.1, 0.15) is 0 Å². The molecule has 0 bridgehead atoms. The average molecular weight is 242 g/mol. The second kappa shape index (κ2) is 4.53. The Balaban J connectivity index is 2.14. The van der Waals surface area contributed by atoms with Gasteiger partial charge in [-0.25, -0.2) is 4.68 Å². The van der Waals surface area contributed by atoms with E-state index in [1.165, 1.54) is 17.7 Å². The molecule has 0 aliphatic heterocycles. The normalized spacial score (nSPS) is 18.7. The fourth-order valence-electron chi connectivity index (χ4n) is 2.77. The number of hydrogen-bond donors (Lipinski definition) is 1. The van der Waals surface area contributed by atoms with Gasteiger partial charge < -0.3 is 5.73 Å². The van der Waals surface area contributed by atoms with Gasteiger partial charge in [0.25, 0.3) is 0 Å². The van der Waals surface area contributed by atoms with Gasteiger partial charge in [-0.3, -0.25) is 0 Å². The molecule has 1 heterocycles. The van der Waals surface area contributed by atoms with Gasteiger partial charge in [0.2, 0.25) is 0 Å². The molecule has 1 aromatic carbocycles. The van der Waals surface area contributed by atoms with Crippen LogP contribution in [0.3, 0.4) is 0 Å². The van der Waals surface area contributed by atoms with Gasteiger partial charge in [-0.15, -0.1) is 5.10 Å². The Labute approximate surface area is 107 Å². The molecule has 18 heavy (non-hydrogen) atoms. The molecule has 0 radical (unpaired) electrons. The fraction of sp³-hybridized carbons (Fsp3) is 0.429. The van der Waals surface area contributed by atoms with Crippen molar-refractivity contribution in [1.82, 2.24) is 15.0 Å². The summed E-state index contributed by atoms with van der Waals surface area (Å²) in [6, 6.07) is 8.27. The SMILES string of the molecule is Cc1ccccc1-n1nnc2c1C(CN)CCC2. The Kier molecular flexibility index (Phi) is 2.88. The smallest absolute Gasteiger partial charge is 0.0867 e. The Morgan fingerprint density at radius 1 is 1.39 bits per heavy atom. The highest BCUT2D eigenvalue weighted by Crippen LogP contribution is 2.31. The molecule has 4 heteroatoms. The summed E-state index contributed by atoms with van der Waals surface area (Å²) in [7, 11) is 0. The lowest BCUT2D eigenvalue weighted by Crippen LogP contribution is -2.21. The molecule has 0 saturated heterocycles. The van der Waals surface area contributed by atoms with Gasteiger partial charge in [0.05, 0.1) is 17.1 Å². The number of aryl methyl sites for hydroxylation is 2. The molecule has 2 N–H and O–H groups in total. The first-order valence-electron chi connectivity index (χ1n) is 6.52. The largest absolute Gasteiger partial charge is 0.330 e. The van der Waals surface area contributed by atoms with E-state index in [0.717, 1.165) is 24.2 Å². The fourth-order valence-corrected chi connectivity index (χ4v) is 2.77. The molecule has 1 aliphatic carbocycles. The van der Waals surface area contributed by atoms with Crippen LogP contribution in [0.4, 0.5) is 0 Å². The van der Waals surface area contributed by atoms with E-state index in [2.05, 4.69) is 29.4 Å². The number of fused-ring (bicyclic) bond motifs is 1. The molecular weight excluding hydrogens is 224 g/mol. The van der Waals surface area contributed by atoms with Gasteiger partial charge in [-0.05, 0) is 37.8 Å². The van der Waals surface area contributed by atoms with Crippen LogP contribution < -0.4 is 5.73 Å². The van der Waals surface area contributed by atoms with Crippen LogP contribution >= 0.6 is 0 Å².